The zero-order chi connectivity index (χ0) is 20.9. The average Bonchev–Trinajstić information content (AvgIpc) is 2.72. The lowest BCUT2D eigenvalue weighted by Crippen LogP contribution is -2.39. The van der Waals surface area contributed by atoms with Gasteiger partial charge in [0.25, 0.3) is 5.91 Å². The van der Waals surface area contributed by atoms with Crippen LogP contribution in [0.5, 0.6) is 11.5 Å². The number of rotatable bonds is 7. The number of sulfone groups is 1. The van der Waals surface area contributed by atoms with E-state index in [1.165, 1.54) is 18.2 Å². The lowest BCUT2D eigenvalue weighted by molar-refractivity contribution is -0.148. The van der Waals surface area contributed by atoms with E-state index in [1.54, 1.807) is 0 Å². The maximum atomic E-state index is 12.5. The SMILES string of the molecule is CC1CCC(NC(=O)COC(=O)CCS(=O)(=O)c2ccc3c(c2)OCCO3)CC1. The summed E-state index contributed by atoms with van der Waals surface area (Å²) >= 11 is 0. The van der Waals surface area contributed by atoms with Crippen molar-refractivity contribution >= 4 is 21.7 Å². The van der Waals surface area contributed by atoms with E-state index >= 15 is 0 Å². The summed E-state index contributed by atoms with van der Waals surface area (Å²) < 4.78 is 40.6. The van der Waals surface area contributed by atoms with Crippen LogP contribution in [0.4, 0.5) is 0 Å². The molecule has 1 fully saturated rings. The maximum Gasteiger partial charge on any atom is 0.307 e. The molecule has 0 aromatic heterocycles. The zero-order valence-corrected chi connectivity index (χ0v) is 17.3. The van der Waals surface area contributed by atoms with Crippen molar-refractivity contribution in [3.63, 3.8) is 0 Å². The summed E-state index contributed by atoms with van der Waals surface area (Å²) in [6, 6.07) is 4.48. The predicted octanol–water partition coefficient (Wildman–Crippen LogP) is 1.86. The lowest BCUT2D eigenvalue weighted by Gasteiger charge is -2.26. The average molecular weight is 426 g/mol. The molecule has 9 heteroatoms. The third-order valence-electron chi connectivity index (χ3n) is 5.19. The molecule has 2 aliphatic rings. The van der Waals surface area contributed by atoms with Gasteiger partial charge in [0, 0.05) is 12.1 Å². The van der Waals surface area contributed by atoms with Crippen LogP contribution >= 0.6 is 0 Å². The number of benzene rings is 1. The number of amides is 1. The van der Waals surface area contributed by atoms with Crippen molar-refractivity contribution in [3.05, 3.63) is 18.2 Å². The Kier molecular flexibility index (Phi) is 7.00. The summed E-state index contributed by atoms with van der Waals surface area (Å²) in [5.41, 5.74) is 0. The third kappa shape index (κ3) is 6.09. The highest BCUT2D eigenvalue weighted by Crippen LogP contribution is 2.32. The molecule has 8 nitrogen and oxygen atoms in total. The van der Waals surface area contributed by atoms with Crippen LogP contribution in [0, 0.1) is 5.92 Å². The summed E-state index contributed by atoms with van der Waals surface area (Å²) in [5, 5.41) is 2.86. The van der Waals surface area contributed by atoms with Crippen molar-refractivity contribution in [1.82, 2.24) is 5.32 Å². The van der Waals surface area contributed by atoms with Crippen LogP contribution in [0.3, 0.4) is 0 Å². The fraction of sp³-hybridized carbons (Fsp3) is 0.600. The largest absolute Gasteiger partial charge is 0.486 e. The van der Waals surface area contributed by atoms with Crippen LogP contribution < -0.4 is 14.8 Å². The van der Waals surface area contributed by atoms with Gasteiger partial charge in [0.05, 0.1) is 17.1 Å². The van der Waals surface area contributed by atoms with Crippen LogP contribution in [0.2, 0.25) is 0 Å². The van der Waals surface area contributed by atoms with Crippen LogP contribution in [0.25, 0.3) is 0 Å². The van der Waals surface area contributed by atoms with Crippen molar-refractivity contribution in [2.24, 2.45) is 5.92 Å². The molecule has 1 N–H and O–H groups in total. The fourth-order valence-electron chi connectivity index (χ4n) is 3.44. The molecule has 0 bridgehead atoms. The van der Waals surface area contributed by atoms with E-state index in [4.69, 9.17) is 14.2 Å². The molecule has 0 spiro atoms. The normalized spacial score (nSPS) is 21.3. The Morgan fingerprint density at radius 3 is 2.52 bits per heavy atom. The molecule has 0 unspecified atom stereocenters. The van der Waals surface area contributed by atoms with Crippen LogP contribution in [-0.2, 0) is 24.2 Å². The smallest absolute Gasteiger partial charge is 0.307 e. The quantitative estimate of drug-likeness (QED) is 0.664. The first-order valence-corrected chi connectivity index (χ1v) is 11.6. The minimum absolute atomic E-state index is 0.0545. The van der Waals surface area contributed by atoms with E-state index in [9.17, 15) is 18.0 Å². The molecule has 1 heterocycles. The molecular formula is C20H27NO7S. The summed E-state index contributed by atoms with van der Waals surface area (Å²) in [4.78, 5) is 23.9. The molecule has 0 atom stereocenters. The number of esters is 1. The van der Waals surface area contributed by atoms with Crippen LogP contribution in [0.1, 0.15) is 39.0 Å². The summed E-state index contributed by atoms with van der Waals surface area (Å²) in [6.07, 6.45) is 3.67. The highest BCUT2D eigenvalue weighted by Gasteiger charge is 2.22. The standard InChI is InChI=1S/C20H27NO7S/c1-14-2-4-15(5-3-14)21-19(22)13-28-20(23)8-11-29(24,25)16-6-7-17-18(12-16)27-10-9-26-17/h6-7,12,14-15H,2-5,8-11,13H2,1H3,(H,21,22). The van der Waals surface area contributed by atoms with Gasteiger partial charge in [-0.2, -0.15) is 0 Å². The van der Waals surface area contributed by atoms with Gasteiger partial charge < -0.3 is 19.5 Å². The van der Waals surface area contributed by atoms with E-state index in [-0.39, 0.29) is 23.3 Å². The molecule has 1 saturated carbocycles. The van der Waals surface area contributed by atoms with E-state index in [0.717, 1.165) is 25.7 Å². The monoisotopic (exact) mass is 425 g/mol. The number of carbonyl (C=O) groups excluding carboxylic acids is 2. The van der Waals surface area contributed by atoms with Gasteiger partial charge in [0.1, 0.15) is 13.2 Å². The van der Waals surface area contributed by atoms with E-state index < -0.39 is 28.2 Å². The number of carbonyl (C=O) groups is 2. The number of hydrogen-bond acceptors (Lipinski definition) is 7. The van der Waals surface area contributed by atoms with E-state index in [0.29, 0.717) is 30.6 Å². The number of nitrogens with one attached hydrogen (secondary N) is 1. The van der Waals surface area contributed by atoms with Crippen LogP contribution in [-0.4, -0.2) is 51.9 Å². The Bertz CT molecular complexity index is 844. The lowest BCUT2D eigenvalue weighted by atomic mass is 9.87. The number of hydrogen-bond donors (Lipinski definition) is 1. The second-order valence-corrected chi connectivity index (χ2v) is 9.67. The second-order valence-electron chi connectivity index (χ2n) is 7.56. The van der Waals surface area contributed by atoms with Crippen molar-refractivity contribution in [2.45, 2.75) is 50.0 Å². The van der Waals surface area contributed by atoms with Gasteiger partial charge in [-0.05, 0) is 43.7 Å². The van der Waals surface area contributed by atoms with E-state index in [1.807, 2.05) is 0 Å². The molecule has 1 aromatic carbocycles. The Morgan fingerprint density at radius 2 is 1.79 bits per heavy atom. The van der Waals surface area contributed by atoms with E-state index in [2.05, 4.69) is 12.2 Å². The second kappa shape index (κ2) is 9.47. The topological polar surface area (TPSA) is 108 Å². The van der Waals surface area contributed by atoms with Gasteiger partial charge in [0.15, 0.2) is 27.9 Å². The molecule has 29 heavy (non-hydrogen) atoms. The molecule has 1 aliphatic carbocycles. The summed E-state index contributed by atoms with van der Waals surface area (Å²) in [7, 11) is -3.69. The molecule has 160 valence electrons. The maximum absolute atomic E-state index is 12.5. The number of ether oxygens (including phenoxy) is 3. The molecule has 1 amide bonds. The first kappa shape index (κ1) is 21.4. The Balaban J connectivity index is 1.43. The molecule has 0 radical (unpaired) electrons. The first-order valence-electron chi connectivity index (χ1n) is 9.91. The Morgan fingerprint density at radius 1 is 1.10 bits per heavy atom. The molecule has 1 aliphatic heterocycles. The molecule has 1 aromatic rings. The van der Waals surface area contributed by atoms with Crippen molar-refractivity contribution in [1.29, 1.82) is 0 Å². The minimum atomic E-state index is -3.69. The first-order chi connectivity index (χ1) is 13.8. The highest BCUT2D eigenvalue weighted by molar-refractivity contribution is 7.91. The van der Waals surface area contributed by atoms with Gasteiger partial charge in [-0.15, -0.1) is 0 Å². The Labute approximate surface area is 170 Å². The van der Waals surface area contributed by atoms with Gasteiger partial charge >= 0.3 is 5.97 Å². The molecule has 3 rings (SSSR count). The summed E-state index contributed by atoms with van der Waals surface area (Å²) in [5.74, 6) is 0.0538. The van der Waals surface area contributed by atoms with Gasteiger partial charge in [-0.1, -0.05) is 6.92 Å². The van der Waals surface area contributed by atoms with Crippen LogP contribution in [0.15, 0.2) is 23.1 Å². The fourth-order valence-corrected chi connectivity index (χ4v) is 4.68. The third-order valence-corrected chi connectivity index (χ3v) is 6.91. The van der Waals surface area contributed by atoms with Crippen molar-refractivity contribution in [2.75, 3.05) is 25.6 Å². The molecule has 0 saturated heterocycles. The number of fused-ring (bicyclic) bond motifs is 1. The minimum Gasteiger partial charge on any atom is -0.486 e. The predicted molar refractivity (Wildman–Crippen MR) is 105 cm³/mol. The Hall–Kier alpha value is -2.29. The van der Waals surface area contributed by atoms with Crippen molar-refractivity contribution < 1.29 is 32.2 Å². The summed E-state index contributed by atoms with van der Waals surface area (Å²) in [6.45, 7) is 2.57. The molecular weight excluding hydrogens is 398 g/mol. The zero-order valence-electron chi connectivity index (χ0n) is 16.5. The highest BCUT2D eigenvalue weighted by atomic mass is 32.2. The van der Waals surface area contributed by atoms with Crippen molar-refractivity contribution in [3.8, 4) is 11.5 Å². The van der Waals surface area contributed by atoms with Gasteiger partial charge in [-0.3, -0.25) is 9.59 Å². The van der Waals surface area contributed by atoms with Gasteiger partial charge in [-0.25, -0.2) is 8.42 Å². The van der Waals surface area contributed by atoms with Gasteiger partial charge in [0.2, 0.25) is 0 Å².